The fourth-order valence-corrected chi connectivity index (χ4v) is 1.52. The summed E-state index contributed by atoms with van der Waals surface area (Å²) < 4.78 is 0. The molecule has 0 spiro atoms. The summed E-state index contributed by atoms with van der Waals surface area (Å²) >= 11 is 0. The Labute approximate surface area is 85.2 Å². The van der Waals surface area contributed by atoms with Crippen LogP contribution in [-0.2, 0) is 6.42 Å². The maximum absolute atomic E-state index is 8.99. The van der Waals surface area contributed by atoms with Crippen LogP contribution in [0.2, 0.25) is 0 Å². The van der Waals surface area contributed by atoms with E-state index in [9.17, 15) is 0 Å². The highest BCUT2D eigenvalue weighted by Crippen LogP contribution is 2.15. The molecule has 0 bridgehead atoms. The normalized spacial score (nSPS) is 10.9. The van der Waals surface area contributed by atoms with Crippen molar-refractivity contribution in [2.75, 3.05) is 13.2 Å². The second kappa shape index (κ2) is 5.13. The molecule has 0 aliphatic rings. The molecule has 0 heterocycles. The van der Waals surface area contributed by atoms with Gasteiger partial charge in [0, 0.05) is 19.1 Å². The van der Waals surface area contributed by atoms with E-state index in [0.717, 1.165) is 6.42 Å². The van der Waals surface area contributed by atoms with Crippen molar-refractivity contribution >= 4 is 0 Å². The minimum absolute atomic E-state index is 0.0319. The standard InChI is InChI=1S/C12H18O2/c1-9-3-4-10(2)12(5-9)6-11(7-13)8-14/h3-5,11,13-14H,6-8H2,1-2H3. The van der Waals surface area contributed by atoms with Gasteiger partial charge in [0.25, 0.3) is 0 Å². The van der Waals surface area contributed by atoms with Crippen molar-refractivity contribution in [2.45, 2.75) is 20.3 Å². The number of hydrogen-bond donors (Lipinski definition) is 2. The van der Waals surface area contributed by atoms with Gasteiger partial charge in [-0.2, -0.15) is 0 Å². The van der Waals surface area contributed by atoms with Gasteiger partial charge >= 0.3 is 0 Å². The van der Waals surface area contributed by atoms with E-state index >= 15 is 0 Å². The average molecular weight is 194 g/mol. The molecular formula is C12H18O2. The summed E-state index contributed by atoms with van der Waals surface area (Å²) in [4.78, 5) is 0. The summed E-state index contributed by atoms with van der Waals surface area (Å²) in [5.41, 5.74) is 3.67. The number of aliphatic hydroxyl groups excluding tert-OH is 2. The van der Waals surface area contributed by atoms with Crippen molar-refractivity contribution in [3.05, 3.63) is 34.9 Å². The number of aliphatic hydroxyl groups is 2. The van der Waals surface area contributed by atoms with Crippen LogP contribution in [0.5, 0.6) is 0 Å². The van der Waals surface area contributed by atoms with Crippen molar-refractivity contribution in [2.24, 2.45) is 5.92 Å². The fourth-order valence-electron chi connectivity index (χ4n) is 1.52. The highest BCUT2D eigenvalue weighted by molar-refractivity contribution is 5.30. The van der Waals surface area contributed by atoms with Crippen LogP contribution >= 0.6 is 0 Å². The smallest absolute Gasteiger partial charge is 0.0484 e. The molecule has 0 unspecified atom stereocenters. The molecule has 0 aliphatic heterocycles. The Morgan fingerprint density at radius 3 is 2.36 bits per heavy atom. The molecule has 0 aromatic heterocycles. The summed E-state index contributed by atoms with van der Waals surface area (Å²) in [5.74, 6) is -0.0319. The molecule has 2 heteroatoms. The van der Waals surface area contributed by atoms with Crippen molar-refractivity contribution in [1.29, 1.82) is 0 Å². The number of benzene rings is 1. The van der Waals surface area contributed by atoms with Gasteiger partial charge in [-0.05, 0) is 31.4 Å². The Bertz CT molecular complexity index is 290. The number of aryl methyl sites for hydroxylation is 2. The van der Waals surface area contributed by atoms with Crippen LogP contribution in [-0.4, -0.2) is 23.4 Å². The predicted octanol–water partition coefficient (Wildman–Crippen LogP) is 1.45. The Morgan fingerprint density at radius 1 is 1.14 bits per heavy atom. The van der Waals surface area contributed by atoms with Crippen LogP contribution < -0.4 is 0 Å². The SMILES string of the molecule is Cc1ccc(C)c(CC(CO)CO)c1. The second-order valence-electron chi connectivity index (χ2n) is 3.87. The molecule has 78 valence electrons. The molecule has 0 aliphatic carbocycles. The quantitative estimate of drug-likeness (QED) is 0.761. The fraction of sp³-hybridized carbons (Fsp3) is 0.500. The molecule has 0 radical (unpaired) electrons. The van der Waals surface area contributed by atoms with Gasteiger partial charge in [0.2, 0.25) is 0 Å². The van der Waals surface area contributed by atoms with Crippen LogP contribution in [0, 0.1) is 19.8 Å². The average Bonchev–Trinajstić information content (AvgIpc) is 2.19. The summed E-state index contributed by atoms with van der Waals surface area (Å²) in [6.45, 7) is 4.20. The van der Waals surface area contributed by atoms with Crippen molar-refractivity contribution in [1.82, 2.24) is 0 Å². The van der Waals surface area contributed by atoms with Crippen LogP contribution in [0.15, 0.2) is 18.2 Å². The molecule has 0 fully saturated rings. The van der Waals surface area contributed by atoms with Gasteiger partial charge in [-0.25, -0.2) is 0 Å². The van der Waals surface area contributed by atoms with Gasteiger partial charge in [-0.15, -0.1) is 0 Å². The minimum Gasteiger partial charge on any atom is -0.396 e. The first-order chi connectivity index (χ1) is 6.67. The summed E-state index contributed by atoms with van der Waals surface area (Å²) in [6, 6.07) is 6.27. The van der Waals surface area contributed by atoms with Gasteiger partial charge in [0.1, 0.15) is 0 Å². The predicted molar refractivity (Wildman–Crippen MR) is 57.3 cm³/mol. The lowest BCUT2D eigenvalue weighted by atomic mass is 9.96. The Balaban J connectivity index is 2.79. The second-order valence-corrected chi connectivity index (χ2v) is 3.87. The van der Waals surface area contributed by atoms with Crippen LogP contribution in [0.3, 0.4) is 0 Å². The van der Waals surface area contributed by atoms with E-state index < -0.39 is 0 Å². The molecule has 0 saturated heterocycles. The maximum atomic E-state index is 8.99. The number of rotatable bonds is 4. The van der Waals surface area contributed by atoms with Gasteiger partial charge < -0.3 is 10.2 Å². The van der Waals surface area contributed by atoms with Crippen LogP contribution in [0.25, 0.3) is 0 Å². The first kappa shape index (κ1) is 11.2. The zero-order chi connectivity index (χ0) is 10.6. The third-order valence-electron chi connectivity index (χ3n) is 2.53. The van der Waals surface area contributed by atoms with Crippen molar-refractivity contribution in [3.8, 4) is 0 Å². The van der Waals surface area contributed by atoms with E-state index in [1.54, 1.807) is 0 Å². The lowest BCUT2D eigenvalue weighted by Gasteiger charge is -2.13. The lowest BCUT2D eigenvalue weighted by Crippen LogP contribution is -2.14. The van der Waals surface area contributed by atoms with E-state index in [1.807, 2.05) is 0 Å². The molecule has 0 atom stereocenters. The van der Waals surface area contributed by atoms with E-state index in [-0.39, 0.29) is 19.1 Å². The molecular weight excluding hydrogens is 176 g/mol. The molecule has 2 N–H and O–H groups in total. The van der Waals surface area contributed by atoms with Gasteiger partial charge in [-0.1, -0.05) is 23.8 Å². The van der Waals surface area contributed by atoms with Gasteiger partial charge in [0.05, 0.1) is 0 Å². The van der Waals surface area contributed by atoms with E-state index in [1.165, 1.54) is 16.7 Å². The minimum atomic E-state index is -0.0319. The third kappa shape index (κ3) is 2.82. The molecule has 0 saturated carbocycles. The van der Waals surface area contributed by atoms with Gasteiger partial charge in [0.15, 0.2) is 0 Å². The zero-order valence-corrected chi connectivity index (χ0v) is 8.83. The monoisotopic (exact) mass is 194 g/mol. The topological polar surface area (TPSA) is 40.5 Å². The zero-order valence-electron chi connectivity index (χ0n) is 8.83. The molecule has 1 rings (SSSR count). The maximum Gasteiger partial charge on any atom is 0.0484 e. The molecule has 0 amide bonds. The Kier molecular flexibility index (Phi) is 4.11. The van der Waals surface area contributed by atoms with E-state index in [0.29, 0.717) is 0 Å². The highest BCUT2D eigenvalue weighted by Gasteiger charge is 2.08. The summed E-state index contributed by atoms with van der Waals surface area (Å²) in [5, 5.41) is 18.0. The summed E-state index contributed by atoms with van der Waals surface area (Å²) in [7, 11) is 0. The van der Waals surface area contributed by atoms with E-state index in [2.05, 4.69) is 32.0 Å². The molecule has 1 aromatic carbocycles. The van der Waals surface area contributed by atoms with Crippen LogP contribution in [0.1, 0.15) is 16.7 Å². The molecule has 1 aromatic rings. The third-order valence-corrected chi connectivity index (χ3v) is 2.53. The lowest BCUT2D eigenvalue weighted by molar-refractivity contribution is 0.150. The van der Waals surface area contributed by atoms with Crippen molar-refractivity contribution in [3.63, 3.8) is 0 Å². The first-order valence-electron chi connectivity index (χ1n) is 4.95. The highest BCUT2D eigenvalue weighted by atomic mass is 16.3. The number of hydrogen-bond acceptors (Lipinski definition) is 2. The largest absolute Gasteiger partial charge is 0.396 e. The van der Waals surface area contributed by atoms with E-state index in [4.69, 9.17) is 10.2 Å². The van der Waals surface area contributed by atoms with Crippen LogP contribution in [0.4, 0.5) is 0 Å². The Hall–Kier alpha value is -0.860. The molecule has 14 heavy (non-hydrogen) atoms. The van der Waals surface area contributed by atoms with Gasteiger partial charge in [-0.3, -0.25) is 0 Å². The summed E-state index contributed by atoms with van der Waals surface area (Å²) in [6.07, 6.45) is 0.751. The van der Waals surface area contributed by atoms with Crippen molar-refractivity contribution < 1.29 is 10.2 Å². The first-order valence-corrected chi connectivity index (χ1v) is 4.95. The molecule has 2 nitrogen and oxygen atoms in total. The Morgan fingerprint density at radius 2 is 1.79 bits per heavy atom.